The topological polar surface area (TPSA) is 48.5 Å². The number of rotatable bonds is 6. The number of ether oxygens (including phenoxy) is 1. The first-order valence-electron chi connectivity index (χ1n) is 10.5. The first-order chi connectivity index (χ1) is 14.8. The molecule has 1 aromatic heterocycles. The number of hydrogen-bond acceptors (Lipinski definition) is 3. The second-order valence-electron chi connectivity index (χ2n) is 8.50. The molecule has 3 unspecified atom stereocenters. The number of nitrogens with zero attached hydrogens (tertiary/aromatic N) is 1. The van der Waals surface area contributed by atoms with E-state index in [9.17, 15) is 9.50 Å². The Kier molecular flexibility index (Phi) is 5.75. The molecule has 0 radical (unpaired) electrons. The average Bonchev–Trinajstić information content (AvgIpc) is 3.08. The maximum Gasteiger partial charge on any atom is 0.143 e. The number of fused-ring (bicyclic) bond motifs is 3. The number of aliphatic hydroxyl groups excluding tert-OH is 1. The van der Waals surface area contributed by atoms with Gasteiger partial charge in [-0.25, -0.2) is 13.2 Å². The van der Waals surface area contributed by atoms with Gasteiger partial charge in [0.15, 0.2) is 0 Å². The normalized spacial score (nSPS) is 21.1. The van der Waals surface area contributed by atoms with Crippen LogP contribution in [0.2, 0.25) is 0 Å². The van der Waals surface area contributed by atoms with Crippen LogP contribution in [0, 0.1) is 11.6 Å². The van der Waals surface area contributed by atoms with E-state index < -0.39 is 30.0 Å². The van der Waals surface area contributed by atoms with Gasteiger partial charge in [0, 0.05) is 46.9 Å². The zero-order valence-electron chi connectivity index (χ0n) is 17.9. The summed E-state index contributed by atoms with van der Waals surface area (Å²) in [6.07, 6.45) is 0.595. The molecule has 31 heavy (non-hydrogen) atoms. The average molecular weight is 432 g/mol. The molecule has 4 rings (SSSR count). The lowest BCUT2D eigenvalue weighted by atomic mass is 9.87. The molecule has 0 bridgehead atoms. The lowest BCUT2D eigenvalue weighted by molar-refractivity contribution is 0.0162. The highest BCUT2D eigenvalue weighted by molar-refractivity contribution is 5.85. The largest absolute Gasteiger partial charge is 0.494 e. The predicted octanol–water partition coefficient (Wildman–Crippen LogP) is 4.90. The number of benzene rings is 2. The molecule has 7 heteroatoms. The molecule has 1 aliphatic heterocycles. The van der Waals surface area contributed by atoms with Gasteiger partial charge in [-0.2, -0.15) is 0 Å². The lowest BCUT2D eigenvalue weighted by Crippen LogP contribution is -2.50. The number of alkyl halides is 1. The molecule has 4 nitrogen and oxygen atoms in total. The van der Waals surface area contributed by atoms with Crippen LogP contribution in [0.4, 0.5) is 13.2 Å². The third-order valence-electron chi connectivity index (χ3n) is 6.00. The quantitative estimate of drug-likeness (QED) is 0.583. The van der Waals surface area contributed by atoms with Gasteiger partial charge in [0.25, 0.3) is 0 Å². The first kappa shape index (κ1) is 21.7. The molecule has 0 saturated heterocycles. The Hall–Kier alpha value is -2.51. The minimum atomic E-state index is -1.92. The molecular weight excluding hydrogens is 405 g/mol. The van der Waals surface area contributed by atoms with E-state index in [1.165, 1.54) is 19.1 Å². The minimum absolute atomic E-state index is 0.110. The van der Waals surface area contributed by atoms with Crippen molar-refractivity contribution in [1.82, 2.24) is 9.88 Å². The van der Waals surface area contributed by atoms with Gasteiger partial charge in [-0.15, -0.1) is 0 Å². The van der Waals surface area contributed by atoms with E-state index in [0.717, 1.165) is 16.5 Å². The highest BCUT2D eigenvalue weighted by Crippen LogP contribution is 2.43. The van der Waals surface area contributed by atoms with E-state index in [1.807, 2.05) is 31.2 Å². The summed E-state index contributed by atoms with van der Waals surface area (Å²) < 4.78 is 50.7. The van der Waals surface area contributed by atoms with Crippen LogP contribution in [0.5, 0.6) is 5.75 Å². The summed E-state index contributed by atoms with van der Waals surface area (Å²) in [6.45, 7) is 4.38. The number of aromatic nitrogens is 1. The van der Waals surface area contributed by atoms with Crippen molar-refractivity contribution in [3.63, 3.8) is 0 Å². The molecule has 2 heterocycles. The highest BCUT2D eigenvalue weighted by Gasteiger charge is 2.41. The molecule has 3 aromatic rings. The molecule has 166 valence electrons. The number of para-hydroxylation sites is 1. The van der Waals surface area contributed by atoms with Gasteiger partial charge in [0.1, 0.15) is 23.1 Å². The zero-order valence-corrected chi connectivity index (χ0v) is 17.9. The van der Waals surface area contributed by atoms with Crippen molar-refractivity contribution in [1.29, 1.82) is 0 Å². The molecule has 0 spiro atoms. The number of H-pyrrole nitrogens is 1. The Labute approximate surface area is 179 Å². The number of hydrogen-bond donors (Lipinski definition) is 2. The third kappa shape index (κ3) is 3.92. The number of aromatic amines is 1. The Morgan fingerprint density at radius 1 is 1.23 bits per heavy atom. The lowest BCUT2D eigenvalue weighted by Gasteiger charge is -2.43. The van der Waals surface area contributed by atoms with Crippen LogP contribution in [0.15, 0.2) is 36.4 Å². The molecule has 0 aliphatic carbocycles. The van der Waals surface area contributed by atoms with E-state index >= 15 is 8.78 Å². The van der Waals surface area contributed by atoms with E-state index in [0.29, 0.717) is 12.1 Å². The summed E-state index contributed by atoms with van der Waals surface area (Å²) in [5.74, 6) is -1.39. The van der Waals surface area contributed by atoms with Crippen molar-refractivity contribution in [3.8, 4) is 5.75 Å². The molecule has 2 aromatic carbocycles. The summed E-state index contributed by atoms with van der Waals surface area (Å²) in [6, 6.07) is 8.96. The zero-order chi connectivity index (χ0) is 22.3. The van der Waals surface area contributed by atoms with Gasteiger partial charge in [-0.3, -0.25) is 4.90 Å². The fourth-order valence-corrected chi connectivity index (χ4v) is 4.57. The van der Waals surface area contributed by atoms with Crippen LogP contribution in [0.1, 0.15) is 43.6 Å². The van der Waals surface area contributed by atoms with Crippen molar-refractivity contribution in [3.05, 3.63) is 64.9 Å². The van der Waals surface area contributed by atoms with Gasteiger partial charge in [0.2, 0.25) is 0 Å². The van der Waals surface area contributed by atoms with E-state index in [-0.39, 0.29) is 30.5 Å². The van der Waals surface area contributed by atoms with Crippen LogP contribution < -0.4 is 4.74 Å². The number of nitrogens with one attached hydrogen (secondary N) is 1. The Bertz CT molecular complexity index is 1070. The summed E-state index contributed by atoms with van der Waals surface area (Å²) >= 11 is 0. The highest BCUT2D eigenvalue weighted by atomic mass is 19.1. The van der Waals surface area contributed by atoms with E-state index in [4.69, 9.17) is 4.74 Å². The molecule has 3 atom stereocenters. The van der Waals surface area contributed by atoms with Crippen molar-refractivity contribution < 1.29 is 23.0 Å². The van der Waals surface area contributed by atoms with E-state index in [1.54, 1.807) is 11.8 Å². The summed E-state index contributed by atoms with van der Waals surface area (Å²) in [5.41, 5.74) is 0.408. The summed E-state index contributed by atoms with van der Waals surface area (Å²) in [5, 5.41) is 10.5. The Morgan fingerprint density at radius 2 is 1.90 bits per heavy atom. The standard InChI is InChI=1S/C24H27F3N2O2/c1-4-31-15-10-18(25)21(19(26)11-15)23-22-17(16-7-5-6-8-20(16)28-22)9-14(2)29(23)12-24(3,27)13-30/h5-8,10-11,14,23,28,30H,4,9,12-13H2,1-3H3. The Morgan fingerprint density at radius 3 is 2.55 bits per heavy atom. The van der Waals surface area contributed by atoms with Gasteiger partial charge in [-0.05, 0) is 38.8 Å². The first-order valence-corrected chi connectivity index (χ1v) is 10.5. The van der Waals surface area contributed by atoms with Crippen LogP contribution >= 0.6 is 0 Å². The molecule has 0 fully saturated rings. The number of aliphatic hydroxyl groups is 1. The van der Waals surface area contributed by atoms with Crippen molar-refractivity contribution >= 4 is 10.9 Å². The van der Waals surface area contributed by atoms with Gasteiger partial charge >= 0.3 is 0 Å². The van der Waals surface area contributed by atoms with Gasteiger partial charge in [-0.1, -0.05) is 18.2 Å². The van der Waals surface area contributed by atoms with Gasteiger partial charge < -0.3 is 14.8 Å². The van der Waals surface area contributed by atoms with Crippen LogP contribution in [0.25, 0.3) is 10.9 Å². The second kappa shape index (κ2) is 8.20. The van der Waals surface area contributed by atoms with Crippen LogP contribution in [0.3, 0.4) is 0 Å². The van der Waals surface area contributed by atoms with Crippen LogP contribution in [-0.4, -0.2) is 46.5 Å². The number of halogens is 3. The maximum atomic E-state index is 15.3. The second-order valence-corrected chi connectivity index (χ2v) is 8.50. The van der Waals surface area contributed by atoms with Crippen molar-refractivity contribution in [2.24, 2.45) is 0 Å². The molecule has 2 N–H and O–H groups in total. The van der Waals surface area contributed by atoms with Gasteiger partial charge in [0.05, 0.1) is 19.3 Å². The summed E-state index contributed by atoms with van der Waals surface area (Å²) in [7, 11) is 0. The monoisotopic (exact) mass is 432 g/mol. The van der Waals surface area contributed by atoms with Crippen LogP contribution in [-0.2, 0) is 6.42 Å². The summed E-state index contributed by atoms with van der Waals surface area (Å²) in [4.78, 5) is 5.05. The Balaban J connectivity index is 1.92. The fourth-order valence-electron chi connectivity index (χ4n) is 4.57. The fraction of sp³-hybridized carbons (Fsp3) is 0.417. The SMILES string of the molecule is CCOc1cc(F)c(C2c3[nH]c4ccccc4c3CC(C)N2CC(C)(F)CO)c(F)c1. The smallest absolute Gasteiger partial charge is 0.143 e. The van der Waals surface area contributed by atoms with E-state index in [2.05, 4.69) is 4.98 Å². The minimum Gasteiger partial charge on any atom is -0.494 e. The maximum absolute atomic E-state index is 15.3. The molecular formula is C24H27F3N2O2. The molecule has 0 amide bonds. The third-order valence-corrected chi connectivity index (χ3v) is 6.00. The van der Waals surface area contributed by atoms with Crippen molar-refractivity contribution in [2.45, 2.75) is 44.9 Å². The van der Waals surface area contributed by atoms with Crippen molar-refractivity contribution in [2.75, 3.05) is 19.8 Å². The molecule has 0 saturated carbocycles. The molecule has 1 aliphatic rings. The predicted molar refractivity (Wildman–Crippen MR) is 114 cm³/mol.